The molecule has 15 heavy (non-hydrogen) atoms. The van der Waals surface area contributed by atoms with Crippen LogP contribution < -0.4 is 5.32 Å². The van der Waals surface area contributed by atoms with Gasteiger partial charge in [-0.05, 0) is 36.9 Å². The van der Waals surface area contributed by atoms with Gasteiger partial charge in [-0.2, -0.15) is 5.26 Å². The Bertz CT molecular complexity index is 386. The number of nitriles is 1. The molecule has 2 unspecified atom stereocenters. The largest absolute Gasteiger partial charge is 0.301 e. The average molecular weight is 222 g/mol. The van der Waals surface area contributed by atoms with Crippen LogP contribution in [0.1, 0.15) is 29.9 Å². The summed E-state index contributed by atoms with van der Waals surface area (Å²) in [6.45, 7) is 0.909. The topological polar surface area (TPSA) is 48.7 Å². The molecule has 0 spiro atoms. The molecule has 78 valence electrons. The number of hydrogen-bond acceptors (Lipinski definition) is 3. The second-order valence-corrected chi connectivity index (χ2v) is 4.24. The van der Waals surface area contributed by atoms with Gasteiger partial charge in [0.2, 0.25) is 0 Å². The molecule has 3 nitrogen and oxygen atoms in total. The van der Waals surface area contributed by atoms with E-state index in [-0.39, 0.29) is 5.50 Å². The Morgan fingerprint density at radius 3 is 3.20 bits per heavy atom. The Morgan fingerprint density at radius 2 is 2.47 bits per heavy atom. The van der Waals surface area contributed by atoms with Crippen molar-refractivity contribution in [3.8, 4) is 6.07 Å². The number of nitrogens with one attached hydrogen (secondary N) is 1. The van der Waals surface area contributed by atoms with Gasteiger partial charge in [0.05, 0.1) is 11.1 Å². The first-order valence-electron chi connectivity index (χ1n) is 5.02. The first-order chi connectivity index (χ1) is 7.31. The van der Waals surface area contributed by atoms with Crippen molar-refractivity contribution in [2.45, 2.75) is 24.3 Å². The summed E-state index contributed by atoms with van der Waals surface area (Å²) in [4.78, 5) is 3.96. The van der Waals surface area contributed by atoms with Gasteiger partial charge < -0.3 is 5.32 Å². The van der Waals surface area contributed by atoms with Crippen LogP contribution in [0.3, 0.4) is 0 Å². The highest BCUT2D eigenvalue weighted by atomic mass is 35.5. The van der Waals surface area contributed by atoms with Crippen molar-refractivity contribution in [2.75, 3.05) is 6.54 Å². The number of piperidine rings is 1. The normalized spacial score (nSPS) is 25.9. The molecule has 1 fully saturated rings. The van der Waals surface area contributed by atoms with Crippen molar-refractivity contribution in [2.24, 2.45) is 0 Å². The molecule has 0 aromatic carbocycles. The fraction of sp³-hybridized carbons (Fsp3) is 0.455. The summed E-state index contributed by atoms with van der Waals surface area (Å²) in [7, 11) is 0. The number of rotatable bonds is 1. The fourth-order valence-electron chi connectivity index (χ4n) is 2.00. The number of pyridine rings is 1. The highest BCUT2D eigenvalue weighted by Crippen LogP contribution is 2.30. The minimum atomic E-state index is 0.0171. The summed E-state index contributed by atoms with van der Waals surface area (Å²) in [5.74, 6) is 0.381. The molecule has 1 aromatic heterocycles. The van der Waals surface area contributed by atoms with E-state index in [9.17, 15) is 0 Å². The van der Waals surface area contributed by atoms with E-state index in [1.54, 1.807) is 12.4 Å². The third kappa shape index (κ3) is 2.28. The van der Waals surface area contributed by atoms with Crippen molar-refractivity contribution in [3.05, 3.63) is 29.6 Å². The van der Waals surface area contributed by atoms with Crippen LogP contribution in [-0.2, 0) is 0 Å². The predicted octanol–water partition coefficient (Wildman–Crippen LogP) is 1.99. The van der Waals surface area contributed by atoms with Crippen LogP contribution in [0.2, 0.25) is 0 Å². The maximum Gasteiger partial charge on any atom is 0.101 e. The quantitative estimate of drug-likeness (QED) is 0.583. The lowest BCUT2D eigenvalue weighted by molar-refractivity contribution is 0.431. The molecule has 0 radical (unpaired) electrons. The van der Waals surface area contributed by atoms with E-state index in [2.05, 4.69) is 16.4 Å². The fourth-order valence-corrected chi connectivity index (χ4v) is 2.33. The highest BCUT2D eigenvalue weighted by Gasteiger charge is 2.22. The number of hydrogen-bond donors (Lipinski definition) is 1. The molecule has 2 rings (SSSR count). The molecule has 2 atom stereocenters. The summed E-state index contributed by atoms with van der Waals surface area (Å²) >= 11 is 6.05. The first-order valence-corrected chi connectivity index (χ1v) is 5.46. The van der Waals surface area contributed by atoms with Gasteiger partial charge in [0.15, 0.2) is 0 Å². The van der Waals surface area contributed by atoms with Crippen LogP contribution >= 0.6 is 11.6 Å². The minimum Gasteiger partial charge on any atom is -0.301 e. The molecular formula is C11H12ClN3. The Morgan fingerprint density at radius 1 is 1.60 bits per heavy atom. The molecule has 0 aliphatic carbocycles. The lowest BCUT2D eigenvalue weighted by atomic mass is 9.88. The SMILES string of the molecule is N#Cc1cnccc1C1CCNC(Cl)C1. The number of aromatic nitrogens is 1. The van der Waals surface area contributed by atoms with E-state index in [0.29, 0.717) is 11.5 Å². The third-order valence-corrected chi connectivity index (χ3v) is 3.10. The van der Waals surface area contributed by atoms with Gasteiger partial charge >= 0.3 is 0 Å². The zero-order chi connectivity index (χ0) is 10.7. The number of nitrogens with zero attached hydrogens (tertiary/aromatic N) is 2. The van der Waals surface area contributed by atoms with E-state index in [1.165, 1.54) is 0 Å². The summed E-state index contributed by atoms with van der Waals surface area (Å²) in [5.41, 5.74) is 1.77. The second kappa shape index (κ2) is 4.61. The smallest absolute Gasteiger partial charge is 0.101 e. The van der Waals surface area contributed by atoms with E-state index in [0.717, 1.165) is 24.9 Å². The molecule has 0 amide bonds. The van der Waals surface area contributed by atoms with Gasteiger partial charge in [-0.1, -0.05) is 0 Å². The van der Waals surface area contributed by atoms with Crippen LogP contribution in [0.5, 0.6) is 0 Å². The summed E-state index contributed by atoms with van der Waals surface area (Å²) in [6.07, 6.45) is 5.27. The number of alkyl halides is 1. The summed E-state index contributed by atoms with van der Waals surface area (Å²) in [5, 5.41) is 12.2. The lowest BCUT2D eigenvalue weighted by Crippen LogP contribution is -2.33. The van der Waals surface area contributed by atoms with Crippen LogP contribution in [0, 0.1) is 11.3 Å². The number of halogens is 1. The van der Waals surface area contributed by atoms with Crippen molar-refractivity contribution < 1.29 is 0 Å². The van der Waals surface area contributed by atoms with Gasteiger partial charge in [-0.3, -0.25) is 4.98 Å². The van der Waals surface area contributed by atoms with Crippen molar-refractivity contribution in [1.82, 2.24) is 10.3 Å². The summed E-state index contributed by atoms with van der Waals surface area (Å²) < 4.78 is 0. The maximum absolute atomic E-state index is 8.98. The van der Waals surface area contributed by atoms with E-state index >= 15 is 0 Å². The lowest BCUT2D eigenvalue weighted by Gasteiger charge is -2.27. The third-order valence-electron chi connectivity index (χ3n) is 2.77. The first kappa shape index (κ1) is 10.4. The highest BCUT2D eigenvalue weighted by molar-refractivity contribution is 6.20. The predicted molar refractivity (Wildman–Crippen MR) is 58.6 cm³/mol. The molecule has 2 heterocycles. The zero-order valence-corrected chi connectivity index (χ0v) is 9.04. The molecule has 0 bridgehead atoms. The molecule has 1 aliphatic heterocycles. The van der Waals surface area contributed by atoms with Gasteiger partial charge in [0.1, 0.15) is 6.07 Å². The molecule has 1 saturated heterocycles. The Kier molecular flexibility index (Phi) is 3.20. The van der Waals surface area contributed by atoms with Crippen LogP contribution in [0.15, 0.2) is 18.5 Å². The van der Waals surface area contributed by atoms with Crippen LogP contribution in [-0.4, -0.2) is 17.0 Å². The van der Waals surface area contributed by atoms with E-state index in [4.69, 9.17) is 16.9 Å². The standard InChI is InChI=1S/C11H12ClN3/c12-11-5-8(1-4-15-11)10-2-3-14-7-9(10)6-13/h2-3,7-8,11,15H,1,4-5H2. The Hall–Kier alpha value is -1.11. The molecular weight excluding hydrogens is 210 g/mol. The average Bonchev–Trinajstić information content (AvgIpc) is 2.29. The van der Waals surface area contributed by atoms with Gasteiger partial charge in [0, 0.05) is 12.4 Å². The van der Waals surface area contributed by atoms with E-state index < -0.39 is 0 Å². The van der Waals surface area contributed by atoms with Crippen molar-refractivity contribution in [3.63, 3.8) is 0 Å². The molecule has 1 aliphatic rings. The van der Waals surface area contributed by atoms with Crippen LogP contribution in [0.25, 0.3) is 0 Å². The molecule has 0 saturated carbocycles. The van der Waals surface area contributed by atoms with Crippen molar-refractivity contribution in [1.29, 1.82) is 5.26 Å². The van der Waals surface area contributed by atoms with Crippen molar-refractivity contribution >= 4 is 11.6 Å². The van der Waals surface area contributed by atoms with Crippen LogP contribution in [0.4, 0.5) is 0 Å². The van der Waals surface area contributed by atoms with Gasteiger partial charge in [-0.25, -0.2) is 0 Å². The maximum atomic E-state index is 8.98. The second-order valence-electron chi connectivity index (χ2n) is 3.72. The minimum absolute atomic E-state index is 0.0171. The zero-order valence-electron chi connectivity index (χ0n) is 8.28. The Balaban J connectivity index is 2.25. The molecule has 1 aromatic rings. The van der Waals surface area contributed by atoms with Gasteiger partial charge in [0.25, 0.3) is 0 Å². The molecule has 4 heteroatoms. The van der Waals surface area contributed by atoms with E-state index in [1.807, 2.05) is 6.07 Å². The summed E-state index contributed by atoms with van der Waals surface area (Å²) in [6, 6.07) is 4.11. The van der Waals surface area contributed by atoms with Gasteiger partial charge in [-0.15, -0.1) is 11.6 Å². The monoisotopic (exact) mass is 221 g/mol. The molecule has 1 N–H and O–H groups in total. The Labute approximate surface area is 94.1 Å².